The van der Waals surface area contributed by atoms with Gasteiger partial charge in [0.15, 0.2) is 11.4 Å². The van der Waals surface area contributed by atoms with Gasteiger partial charge in [0.05, 0.1) is 17.1 Å². The van der Waals surface area contributed by atoms with Crippen LogP contribution in [0.15, 0.2) is 57.1 Å². The molecule has 1 N–H and O–H groups in total. The summed E-state index contributed by atoms with van der Waals surface area (Å²) in [5.41, 5.74) is 5.86. The van der Waals surface area contributed by atoms with Crippen molar-refractivity contribution in [1.82, 2.24) is 4.98 Å². The standard InChI is InChI=1S/C25H18NO2S.C13H24O2.Ir/c1-12-9-19-18(11-16-7-5-6-8-17(16)23(19)27-12)22-25-21(14(3)15(4)29-25)24-20(26-22)10-13(2)28-24;1-5-10(6-2)12(14)9-13(15)11(7-3)8-4;/h5-10H,1-4H3;9-11,14H,5-8H2,1-4H3;/q-1;;/b;12-9-;. The molecular weight excluding hydrogens is 759 g/mol. The van der Waals surface area contributed by atoms with E-state index in [1.54, 1.807) is 11.3 Å². The number of nitrogens with zero attached hydrogens (tertiary/aromatic N) is 1. The fourth-order valence-electron chi connectivity index (χ4n) is 6.03. The molecule has 6 rings (SSSR count). The normalized spacial score (nSPS) is 12.0. The number of aromatic nitrogens is 1. The third kappa shape index (κ3) is 6.67. The van der Waals surface area contributed by atoms with Crippen LogP contribution >= 0.6 is 11.3 Å². The molecule has 0 atom stereocenters. The molecule has 0 aliphatic rings. The Bertz CT molecular complexity index is 2000. The number of ketones is 1. The Hall–Kier alpha value is -3.25. The minimum atomic E-state index is 0. The number of carbonyl (C=O) groups excluding carboxylic acids is 1. The molecule has 0 amide bonds. The molecule has 0 unspecified atom stereocenters. The first-order valence-corrected chi connectivity index (χ1v) is 16.5. The summed E-state index contributed by atoms with van der Waals surface area (Å²) in [6.07, 6.45) is 4.91. The zero-order valence-corrected chi connectivity index (χ0v) is 30.6. The fourth-order valence-corrected chi connectivity index (χ4v) is 7.18. The third-order valence-electron chi connectivity index (χ3n) is 8.77. The smallest absolute Gasteiger partial charge is 0.162 e. The zero-order valence-electron chi connectivity index (χ0n) is 27.4. The summed E-state index contributed by atoms with van der Waals surface area (Å²) >= 11 is 1.77. The number of furan rings is 2. The molecule has 7 heteroatoms. The maximum absolute atomic E-state index is 11.7. The Morgan fingerprint density at radius 3 is 2.20 bits per heavy atom. The molecule has 4 aromatic heterocycles. The van der Waals surface area contributed by atoms with Crippen LogP contribution in [0.3, 0.4) is 0 Å². The van der Waals surface area contributed by atoms with E-state index in [1.807, 2.05) is 59.7 Å². The summed E-state index contributed by atoms with van der Waals surface area (Å²) in [7, 11) is 0. The zero-order chi connectivity index (χ0) is 31.7. The molecule has 0 saturated carbocycles. The van der Waals surface area contributed by atoms with Gasteiger partial charge in [-0.05, 0) is 75.8 Å². The van der Waals surface area contributed by atoms with E-state index in [9.17, 15) is 9.90 Å². The van der Waals surface area contributed by atoms with E-state index in [0.29, 0.717) is 0 Å². The summed E-state index contributed by atoms with van der Waals surface area (Å²) in [6, 6.07) is 16.0. The van der Waals surface area contributed by atoms with Crippen LogP contribution in [0.5, 0.6) is 0 Å². The number of aryl methyl sites for hydroxylation is 4. The minimum Gasteiger partial charge on any atom is -0.512 e. The largest absolute Gasteiger partial charge is 0.512 e. The van der Waals surface area contributed by atoms with Gasteiger partial charge >= 0.3 is 0 Å². The monoisotopic (exact) mass is 801 g/mol. The number of allylic oxidation sites excluding steroid dienone is 2. The number of pyridine rings is 1. The van der Waals surface area contributed by atoms with Crippen molar-refractivity contribution in [2.24, 2.45) is 11.8 Å². The van der Waals surface area contributed by atoms with Gasteiger partial charge in [0.2, 0.25) is 0 Å². The van der Waals surface area contributed by atoms with E-state index in [0.717, 1.165) is 91.4 Å². The molecule has 0 bridgehead atoms. The molecule has 5 nitrogen and oxygen atoms in total. The molecule has 0 aliphatic carbocycles. The van der Waals surface area contributed by atoms with Gasteiger partial charge < -0.3 is 13.9 Å². The second kappa shape index (κ2) is 14.5. The molecule has 2 aromatic carbocycles. The summed E-state index contributed by atoms with van der Waals surface area (Å²) < 4.78 is 13.3. The molecule has 0 aliphatic heterocycles. The summed E-state index contributed by atoms with van der Waals surface area (Å²) in [5, 5.41) is 14.1. The number of hydrogen-bond acceptors (Lipinski definition) is 6. The topological polar surface area (TPSA) is 76.5 Å². The van der Waals surface area contributed by atoms with E-state index in [1.165, 1.54) is 16.5 Å². The van der Waals surface area contributed by atoms with Gasteiger partial charge in [-0.2, -0.15) is 0 Å². The third-order valence-corrected chi connectivity index (χ3v) is 9.98. The van der Waals surface area contributed by atoms with Crippen LogP contribution in [0.25, 0.3) is 54.2 Å². The van der Waals surface area contributed by atoms with Crippen molar-refractivity contribution in [2.45, 2.75) is 81.1 Å². The number of fused-ring (bicyclic) bond motifs is 6. The molecule has 0 spiro atoms. The number of aliphatic hydroxyl groups is 1. The van der Waals surface area contributed by atoms with Crippen molar-refractivity contribution in [3.63, 3.8) is 0 Å². The second-order valence-corrected chi connectivity index (χ2v) is 12.9. The second-order valence-electron chi connectivity index (χ2n) is 11.7. The van der Waals surface area contributed by atoms with Crippen molar-refractivity contribution in [1.29, 1.82) is 0 Å². The number of carbonyl (C=O) groups is 1. The Morgan fingerprint density at radius 1 is 0.911 bits per heavy atom. The van der Waals surface area contributed by atoms with Gasteiger partial charge in [-0.1, -0.05) is 51.5 Å². The molecule has 0 saturated heterocycles. The van der Waals surface area contributed by atoms with Crippen molar-refractivity contribution < 1.29 is 38.8 Å². The molecule has 45 heavy (non-hydrogen) atoms. The summed E-state index contributed by atoms with van der Waals surface area (Å²) in [4.78, 5) is 18.1. The minimum absolute atomic E-state index is 0. The Labute approximate surface area is 283 Å². The first-order chi connectivity index (χ1) is 21.1. The van der Waals surface area contributed by atoms with Crippen molar-refractivity contribution >= 4 is 60.0 Å². The van der Waals surface area contributed by atoms with Crippen LogP contribution in [0.1, 0.15) is 75.3 Å². The molecule has 239 valence electrons. The van der Waals surface area contributed by atoms with Crippen molar-refractivity contribution in [3.05, 3.63) is 76.3 Å². The Kier molecular flexibility index (Phi) is 11.1. The molecule has 1 radical (unpaired) electrons. The average molecular weight is 801 g/mol. The van der Waals surface area contributed by atoms with Crippen LogP contribution in [0, 0.1) is 45.6 Å². The molecular formula is C38H42IrNO4S-. The van der Waals surface area contributed by atoms with Crippen LogP contribution in [-0.4, -0.2) is 15.9 Å². The average Bonchev–Trinajstić information content (AvgIpc) is 3.67. The van der Waals surface area contributed by atoms with Crippen molar-refractivity contribution in [3.8, 4) is 11.3 Å². The summed E-state index contributed by atoms with van der Waals surface area (Å²) in [6.45, 7) is 16.4. The van der Waals surface area contributed by atoms with E-state index >= 15 is 0 Å². The van der Waals surface area contributed by atoms with Crippen LogP contribution in [-0.2, 0) is 24.9 Å². The van der Waals surface area contributed by atoms with E-state index in [4.69, 9.17) is 13.8 Å². The number of benzene rings is 2. The number of hydrogen-bond donors (Lipinski definition) is 1. The molecule has 4 heterocycles. The first kappa shape index (κ1) is 34.6. The predicted octanol–water partition coefficient (Wildman–Crippen LogP) is 11.5. The maximum Gasteiger partial charge on any atom is 0.162 e. The quantitative estimate of drug-likeness (QED) is 0.0942. The van der Waals surface area contributed by atoms with Gasteiger partial charge in [0.1, 0.15) is 11.3 Å². The van der Waals surface area contributed by atoms with Gasteiger partial charge in [-0.15, -0.1) is 28.9 Å². The Balaban J connectivity index is 0.000000249. The first-order valence-electron chi connectivity index (χ1n) is 15.7. The maximum atomic E-state index is 11.7. The molecule has 0 fully saturated rings. The number of rotatable bonds is 8. The van der Waals surface area contributed by atoms with Gasteiger partial charge in [0.25, 0.3) is 0 Å². The van der Waals surface area contributed by atoms with E-state index in [2.05, 4.69) is 38.1 Å². The van der Waals surface area contributed by atoms with E-state index in [-0.39, 0.29) is 43.5 Å². The van der Waals surface area contributed by atoms with Gasteiger partial charge in [0, 0.05) is 64.7 Å². The summed E-state index contributed by atoms with van der Waals surface area (Å²) in [5.74, 6) is 2.31. The van der Waals surface area contributed by atoms with Crippen LogP contribution in [0.2, 0.25) is 0 Å². The number of aliphatic hydroxyl groups excluding tert-OH is 1. The number of thiophene rings is 1. The van der Waals surface area contributed by atoms with Gasteiger partial charge in [-0.25, -0.2) is 0 Å². The SMILES string of the molecule is CCC(CC)C(=O)/C=C(\O)C(CC)CC.Cc1cc2c(-c3nc4cc(C)oc4c4c(C)c(C)sc34)[c-]c3ccccc3c2o1.[Ir]. The fraction of sp³-hybridized carbons (Fsp3) is 0.368. The predicted molar refractivity (Wildman–Crippen MR) is 184 cm³/mol. The molecule has 6 aromatic rings. The van der Waals surface area contributed by atoms with E-state index < -0.39 is 0 Å². The van der Waals surface area contributed by atoms with Crippen LogP contribution < -0.4 is 0 Å². The van der Waals surface area contributed by atoms with Crippen molar-refractivity contribution in [2.75, 3.05) is 0 Å². The van der Waals surface area contributed by atoms with Gasteiger partial charge in [-0.3, -0.25) is 9.78 Å². The Morgan fingerprint density at radius 2 is 1.53 bits per heavy atom. The van der Waals surface area contributed by atoms with Crippen LogP contribution in [0.4, 0.5) is 0 Å².